The maximum atomic E-state index is 12.8. The van der Waals surface area contributed by atoms with Gasteiger partial charge in [0.2, 0.25) is 5.69 Å². The first-order chi connectivity index (χ1) is 8.36. The molecular formula is C10H10F2N2O4. The molecule has 1 heterocycles. The van der Waals surface area contributed by atoms with Crippen LogP contribution in [0.2, 0.25) is 0 Å². The maximum Gasteiger partial charge on any atom is 0.364 e. The summed E-state index contributed by atoms with van der Waals surface area (Å²) in [6.07, 6.45) is -3.39. The van der Waals surface area contributed by atoms with Gasteiger partial charge in [-0.25, -0.2) is 8.78 Å². The number of rotatable bonds is 4. The van der Waals surface area contributed by atoms with Crippen LogP contribution >= 0.6 is 0 Å². The van der Waals surface area contributed by atoms with E-state index in [0.29, 0.717) is 0 Å². The smallest absolute Gasteiger partial charge is 0.364 e. The van der Waals surface area contributed by atoms with Crippen molar-refractivity contribution in [3.63, 3.8) is 0 Å². The third-order valence-electron chi connectivity index (χ3n) is 2.31. The number of esters is 1. The highest BCUT2D eigenvalue weighted by Gasteiger charge is 2.27. The molecule has 8 heteroatoms. The Bertz CT molecular complexity index is 491. The average molecular weight is 260 g/mol. The monoisotopic (exact) mass is 260 g/mol. The summed E-state index contributed by atoms with van der Waals surface area (Å²) in [6, 6.07) is 1.05. The number of ether oxygens (including phenoxy) is 1. The van der Waals surface area contributed by atoms with E-state index in [2.05, 4.69) is 9.72 Å². The van der Waals surface area contributed by atoms with Crippen LogP contribution in [0.5, 0.6) is 0 Å². The predicted octanol–water partition coefficient (Wildman–Crippen LogP) is 1.95. The highest BCUT2D eigenvalue weighted by molar-refractivity contribution is 5.73. The van der Waals surface area contributed by atoms with E-state index in [1.165, 1.54) is 6.92 Å². The number of aromatic nitrogens is 1. The Morgan fingerprint density at radius 2 is 2.22 bits per heavy atom. The second-order valence-corrected chi connectivity index (χ2v) is 3.47. The molecule has 0 fully saturated rings. The summed E-state index contributed by atoms with van der Waals surface area (Å²) in [5.74, 6) is -1.38. The van der Waals surface area contributed by atoms with E-state index >= 15 is 0 Å². The highest BCUT2D eigenvalue weighted by atomic mass is 19.3. The van der Waals surface area contributed by atoms with E-state index in [0.717, 1.165) is 13.2 Å². The Hall–Kier alpha value is -2.12. The Morgan fingerprint density at radius 3 is 2.67 bits per heavy atom. The molecule has 0 saturated carbocycles. The van der Waals surface area contributed by atoms with E-state index in [-0.39, 0.29) is 11.1 Å². The minimum absolute atomic E-state index is 0.0394. The standard InChI is InChI=1S/C10H10F2N2O4/c1-5-3-7(14(16)17)13-9(10(11)12)6(5)4-8(15)18-2/h3,10H,4H2,1-2H3. The Kier molecular flexibility index (Phi) is 4.24. The van der Waals surface area contributed by atoms with Crippen molar-refractivity contribution in [3.8, 4) is 0 Å². The molecule has 0 saturated heterocycles. The van der Waals surface area contributed by atoms with Crippen LogP contribution in [0.1, 0.15) is 23.2 Å². The third kappa shape index (κ3) is 2.96. The Morgan fingerprint density at radius 1 is 1.61 bits per heavy atom. The fourth-order valence-corrected chi connectivity index (χ4v) is 1.43. The van der Waals surface area contributed by atoms with Gasteiger partial charge in [0.25, 0.3) is 0 Å². The molecule has 98 valence electrons. The third-order valence-corrected chi connectivity index (χ3v) is 2.31. The molecule has 0 amide bonds. The number of alkyl halides is 2. The van der Waals surface area contributed by atoms with Crippen molar-refractivity contribution >= 4 is 11.8 Å². The van der Waals surface area contributed by atoms with Crippen molar-refractivity contribution in [1.82, 2.24) is 4.98 Å². The van der Waals surface area contributed by atoms with Gasteiger partial charge in [0.05, 0.1) is 13.5 Å². The molecule has 0 spiro atoms. The molecule has 0 bridgehead atoms. The van der Waals surface area contributed by atoms with Gasteiger partial charge in [0, 0.05) is 11.6 Å². The predicted molar refractivity (Wildman–Crippen MR) is 56.3 cm³/mol. The van der Waals surface area contributed by atoms with Crippen LogP contribution in [0.3, 0.4) is 0 Å². The molecule has 0 aliphatic heterocycles. The van der Waals surface area contributed by atoms with Gasteiger partial charge in [-0.2, -0.15) is 0 Å². The number of nitro groups is 1. The van der Waals surface area contributed by atoms with Gasteiger partial charge in [-0.3, -0.25) is 4.79 Å². The maximum absolute atomic E-state index is 12.8. The lowest BCUT2D eigenvalue weighted by atomic mass is 10.0. The molecule has 0 radical (unpaired) electrons. The molecule has 0 atom stereocenters. The molecule has 1 aromatic rings. The number of hydrogen-bond acceptors (Lipinski definition) is 5. The zero-order chi connectivity index (χ0) is 13.9. The van der Waals surface area contributed by atoms with Gasteiger partial charge in [0.15, 0.2) is 0 Å². The molecular weight excluding hydrogens is 250 g/mol. The number of aryl methyl sites for hydroxylation is 1. The van der Waals surface area contributed by atoms with Crippen LogP contribution in [0.4, 0.5) is 14.6 Å². The van der Waals surface area contributed by atoms with Crippen molar-refractivity contribution < 1.29 is 23.2 Å². The molecule has 18 heavy (non-hydrogen) atoms. The van der Waals surface area contributed by atoms with Crippen molar-refractivity contribution in [2.45, 2.75) is 19.8 Å². The summed E-state index contributed by atoms with van der Waals surface area (Å²) in [7, 11) is 1.12. The molecule has 1 rings (SSSR count). The molecule has 0 N–H and O–H groups in total. The van der Waals surface area contributed by atoms with Crippen LogP contribution < -0.4 is 0 Å². The van der Waals surface area contributed by atoms with Crippen LogP contribution in [0.25, 0.3) is 0 Å². The summed E-state index contributed by atoms with van der Waals surface area (Å²) in [4.78, 5) is 24.0. The van der Waals surface area contributed by atoms with Crippen molar-refractivity contribution in [1.29, 1.82) is 0 Å². The van der Waals surface area contributed by atoms with E-state index in [1.54, 1.807) is 0 Å². The van der Waals surface area contributed by atoms with Gasteiger partial charge in [-0.05, 0) is 22.4 Å². The summed E-state index contributed by atoms with van der Waals surface area (Å²) in [5.41, 5.74) is -0.591. The Labute approximate surface area is 101 Å². The lowest BCUT2D eigenvalue weighted by molar-refractivity contribution is -0.389. The fraction of sp³-hybridized carbons (Fsp3) is 0.400. The van der Waals surface area contributed by atoms with E-state index in [4.69, 9.17) is 0 Å². The molecule has 0 aromatic carbocycles. The van der Waals surface area contributed by atoms with E-state index < -0.39 is 35.3 Å². The van der Waals surface area contributed by atoms with Gasteiger partial charge < -0.3 is 14.9 Å². The quantitative estimate of drug-likeness (QED) is 0.469. The second kappa shape index (κ2) is 5.48. The number of halogens is 2. The number of nitrogens with zero attached hydrogens (tertiary/aromatic N) is 2. The van der Waals surface area contributed by atoms with Crippen molar-refractivity contribution in [2.75, 3.05) is 7.11 Å². The first kappa shape index (κ1) is 13.9. The van der Waals surface area contributed by atoms with Crippen LogP contribution in [-0.4, -0.2) is 23.0 Å². The molecule has 0 aliphatic carbocycles. The molecule has 1 aromatic heterocycles. The van der Waals surface area contributed by atoms with Crippen molar-refractivity contribution in [2.24, 2.45) is 0 Å². The summed E-state index contributed by atoms with van der Waals surface area (Å²) in [6.45, 7) is 1.40. The molecule has 6 nitrogen and oxygen atoms in total. The SMILES string of the molecule is COC(=O)Cc1c(C)cc([N+](=O)[O-])nc1C(F)F. The normalized spacial score (nSPS) is 10.5. The average Bonchev–Trinajstić information content (AvgIpc) is 2.30. The number of carbonyl (C=O) groups is 1. The number of hydrogen-bond donors (Lipinski definition) is 0. The number of carbonyl (C=O) groups excluding carboxylic acids is 1. The highest BCUT2D eigenvalue weighted by Crippen LogP contribution is 2.27. The summed E-state index contributed by atoms with van der Waals surface area (Å²) >= 11 is 0. The topological polar surface area (TPSA) is 82.3 Å². The van der Waals surface area contributed by atoms with E-state index in [9.17, 15) is 23.7 Å². The fourth-order valence-electron chi connectivity index (χ4n) is 1.43. The van der Waals surface area contributed by atoms with Crippen LogP contribution in [-0.2, 0) is 16.0 Å². The Balaban J connectivity index is 3.31. The minimum atomic E-state index is -3.00. The number of pyridine rings is 1. The largest absolute Gasteiger partial charge is 0.469 e. The summed E-state index contributed by atoms with van der Waals surface area (Å²) in [5, 5.41) is 10.5. The van der Waals surface area contributed by atoms with Gasteiger partial charge in [-0.15, -0.1) is 0 Å². The van der Waals surface area contributed by atoms with E-state index in [1.807, 2.05) is 0 Å². The first-order valence-electron chi connectivity index (χ1n) is 4.86. The zero-order valence-electron chi connectivity index (χ0n) is 9.65. The minimum Gasteiger partial charge on any atom is -0.469 e. The van der Waals surface area contributed by atoms with Crippen LogP contribution in [0.15, 0.2) is 6.07 Å². The van der Waals surface area contributed by atoms with Gasteiger partial charge in [0.1, 0.15) is 0 Å². The molecule has 0 unspecified atom stereocenters. The van der Waals surface area contributed by atoms with Crippen LogP contribution in [0, 0.1) is 17.0 Å². The zero-order valence-corrected chi connectivity index (χ0v) is 9.65. The van der Waals surface area contributed by atoms with Crippen molar-refractivity contribution in [3.05, 3.63) is 33.0 Å². The lowest BCUT2D eigenvalue weighted by Crippen LogP contribution is -2.11. The lowest BCUT2D eigenvalue weighted by Gasteiger charge is -2.07. The number of methoxy groups -OCH3 is 1. The molecule has 0 aliphatic rings. The summed E-state index contributed by atoms with van der Waals surface area (Å²) < 4.78 is 29.9. The second-order valence-electron chi connectivity index (χ2n) is 3.47. The van der Waals surface area contributed by atoms with Gasteiger partial charge in [-0.1, -0.05) is 0 Å². The van der Waals surface area contributed by atoms with Gasteiger partial charge >= 0.3 is 18.2 Å². The first-order valence-corrected chi connectivity index (χ1v) is 4.86.